The van der Waals surface area contributed by atoms with Crippen LogP contribution in [0.15, 0.2) is 12.2 Å². The molecule has 0 aliphatic carbocycles. The standard InChI is InChI=1S/C77H148O6/c1-4-7-10-13-15-17-19-21-23-25-27-29-31-33-34-35-36-37-38-39-40-41-42-44-45-47-49-51-53-55-57-59-61-64-67-70-76(79)82-73-74(72-81-75(78)69-66-63-12-9-6-3)83-77(80)71-68-65-62-60-58-56-54-52-50-48-46-43-32-30-28-26-24-22-20-18-16-14-11-8-5-2/h25,27,74H,4-24,26,28-73H2,1-3H3/b27-25-. The predicted molar refractivity (Wildman–Crippen MR) is 363 cm³/mol. The van der Waals surface area contributed by atoms with E-state index in [4.69, 9.17) is 14.2 Å². The van der Waals surface area contributed by atoms with Gasteiger partial charge in [-0.05, 0) is 44.9 Å². The van der Waals surface area contributed by atoms with E-state index >= 15 is 0 Å². The monoisotopic (exact) mass is 1170 g/mol. The van der Waals surface area contributed by atoms with Gasteiger partial charge in [-0.3, -0.25) is 14.4 Å². The third-order valence-electron chi connectivity index (χ3n) is 17.8. The lowest BCUT2D eigenvalue weighted by Gasteiger charge is -2.18. The zero-order chi connectivity index (χ0) is 59.9. The van der Waals surface area contributed by atoms with Gasteiger partial charge in [-0.1, -0.05) is 392 Å². The summed E-state index contributed by atoms with van der Waals surface area (Å²) in [4.78, 5) is 38.1. The van der Waals surface area contributed by atoms with Crippen LogP contribution < -0.4 is 0 Å². The van der Waals surface area contributed by atoms with Crippen molar-refractivity contribution in [1.82, 2.24) is 0 Å². The molecule has 6 heteroatoms. The molecule has 0 amide bonds. The molecule has 0 heterocycles. The maximum Gasteiger partial charge on any atom is 0.306 e. The van der Waals surface area contributed by atoms with E-state index in [0.717, 1.165) is 64.2 Å². The van der Waals surface area contributed by atoms with Crippen molar-refractivity contribution in [2.75, 3.05) is 13.2 Å². The number of hydrogen-bond donors (Lipinski definition) is 0. The van der Waals surface area contributed by atoms with Gasteiger partial charge in [0.15, 0.2) is 6.10 Å². The molecule has 0 spiro atoms. The molecule has 0 saturated heterocycles. The van der Waals surface area contributed by atoms with Crippen molar-refractivity contribution in [2.24, 2.45) is 0 Å². The second-order valence-electron chi connectivity index (χ2n) is 26.3. The largest absolute Gasteiger partial charge is 0.462 e. The average Bonchev–Trinajstić information content (AvgIpc) is 3.49. The third kappa shape index (κ3) is 70.8. The molecular formula is C77H148O6. The van der Waals surface area contributed by atoms with Gasteiger partial charge in [-0.15, -0.1) is 0 Å². The zero-order valence-corrected chi connectivity index (χ0v) is 56.8. The SMILES string of the molecule is CCCCCCCCCC/C=C\CCCCCCCCCCCCCCCCCCCCCCCCCC(=O)OCC(COC(=O)CCCCCCC)OC(=O)CCCCCCCCCCCCCCCCCCCCCCCCCCC. The van der Waals surface area contributed by atoms with Crippen LogP contribution in [0.4, 0.5) is 0 Å². The quantitative estimate of drug-likeness (QED) is 0.0261. The van der Waals surface area contributed by atoms with E-state index < -0.39 is 6.10 Å². The minimum atomic E-state index is -0.763. The van der Waals surface area contributed by atoms with E-state index in [1.807, 2.05) is 0 Å². The maximum absolute atomic E-state index is 12.9. The Morgan fingerprint density at radius 1 is 0.229 bits per heavy atom. The Morgan fingerprint density at radius 3 is 0.602 bits per heavy atom. The second-order valence-corrected chi connectivity index (χ2v) is 26.3. The van der Waals surface area contributed by atoms with Crippen molar-refractivity contribution in [3.05, 3.63) is 12.2 Å². The molecule has 0 aromatic carbocycles. The molecule has 0 aliphatic heterocycles. The highest BCUT2D eigenvalue weighted by Crippen LogP contribution is 2.20. The predicted octanol–water partition coefficient (Wildman–Crippen LogP) is 26.3. The summed E-state index contributed by atoms with van der Waals surface area (Å²) in [5.41, 5.74) is 0. The van der Waals surface area contributed by atoms with E-state index in [-0.39, 0.29) is 31.1 Å². The normalized spacial score (nSPS) is 12.0. The molecule has 1 unspecified atom stereocenters. The van der Waals surface area contributed by atoms with Crippen LogP contribution in [0.2, 0.25) is 0 Å². The van der Waals surface area contributed by atoms with Crippen LogP contribution in [-0.2, 0) is 28.6 Å². The van der Waals surface area contributed by atoms with Gasteiger partial charge in [0.25, 0.3) is 0 Å². The summed E-state index contributed by atoms with van der Waals surface area (Å²) in [7, 11) is 0. The molecule has 1 atom stereocenters. The molecule has 492 valence electrons. The van der Waals surface area contributed by atoms with E-state index in [1.54, 1.807) is 0 Å². The van der Waals surface area contributed by atoms with Crippen LogP contribution in [-0.4, -0.2) is 37.2 Å². The molecule has 0 aromatic rings. The van der Waals surface area contributed by atoms with Gasteiger partial charge in [0.05, 0.1) is 0 Å². The van der Waals surface area contributed by atoms with Crippen LogP contribution in [0.25, 0.3) is 0 Å². The molecule has 83 heavy (non-hydrogen) atoms. The number of unbranched alkanes of at least 4 members (excludes halogenated alkanes) is 59. The van der Waals surface area contributed by atoms with Crippen molar-refractivity contribution in [3.8, 4) is 0 Å². The van der Waals surface area contributed by atoms with Crippen LogP contribution in [0.3, 0.4) is 0 Å². The van der Waals surface area contributed by atoms with Gasteiger partial charge in [0, 0.05) is 19.3 Å². The van der Waals surface area contributed by atoms with E-state index in [0.29, 0.717) is 19.3 Å². The molecular weight excluding hydrogens is 1020 g/mol. The van der Waals surface area contributed by atoms with Crippen LogP contribution in [0.5, 0.6) is 0 Å². The summed E-state index contributed by atoms with van der Waals surface area (Å²) in [6.07, 6.45) is 89.1. The highest BCUT2D eigenvalue weighted by atomic mass is 16.6. The molecule has 0 aromatic heterocycles. The van der Waals surface area contributed by atoms with Gasteiger partial charge < -0.3 is 14.2 Å². The average molecular weight is 1170 g/mol. The lowest BCUT2D eigenvalue weighted by Crippen LogP contribution is -2.30. The molecule has 0 rings (SSSR count). The van der Waals surface area contributed by atoms with Gasteiger partial charge in [-0.2, -0.15) is 0 Å². The molecule has 0 aliphatic rings. The van der Waals surface area contributed by atoms with Crippen molar-refractivity contribution in [2.45, 2.75) is 451 Å². The first-order chi connectivity index (χ1) is 41.0. The van der Waals surface area contributed by atoms with Gasteiger partial charge in [0.2, 0.25) is 0 Å². The number of rotatable bonds is 72. The minimum absolute atomic E-state index is 0.0631. The first-order valence-electron chi connectivity index (χ1n) is 38.2. The molecule has 0 radical (unpaired) electrons. The summed E-state index contributed by atoms with van der Waals surface area (Å²) in [6, 6.07) is 0. The number of allylic oxidation sites excluding steroid dienone is 2. The number of carbonyl (C=O) groups is 3. The fourth-order valence-electron chi connectivity index (χ4n) is 12.0. The van der Waals surface area contributed by atoms with Crippen molar-refractivity contribution < 1.29 is 28.6 Å². The van der Waals surface area contributed by atoms with Crippen LogP contribution in [0, 0.1) is 0 Å². The lowest BCUT2D eigenvalue weighted by atomic mass is 10.0. The summed E-state index contributed by atoms with van der Waals surface area (Å²) in [5, 5.41) is 0. The first-order valence-corrected chi connectivity index (χ1v) is 38.2. The van der Waals surface area contributed by atoms with Crippen LogP contribution >= 0.6 is 0 Å². The Bertz CT molecular complexity index is 1300. The zero-order valence-electron chi connectivity index (χ0n) is 56.8. The minimum Gasteiger partial charge on any atom is -0.462 e. The fourth-order valence-corrected chi connectivity index (χ4v) is 12.0. The molecule has 0 N–H and O–H groups in total. The molecule has 0 bridgehead atoms. The Morgan fingerprint density at radius 2 is 0.398 bits per heavy atom. The lowest BCUT2D eigenvalue weighted by molar-refractivity contribution is -0.167. The number of ether oxygens (including phenoxy) is 3. The molecule has 0 fully saturated rings. The van der Waals surface area contributed by atoms with Gasteiger partial charge in [0.1, 0.15) is 13.2 Å². The van der Waals surface area contributed by atoms with E-state index in [2.05, 4.69) is 32.9 Å². The summed E-state index contributed by atoms with van der Waals surface area (Å²) >= 11 is 0. The number of esters is 3. The first kappa shape index (κ1) is 81.2. The van der Waals surface area contributed by atoms with Gasteiger partial charge >= 0.3 is 17.9 Å². The number of carbonyl (C=O) groups excluding carboxylic acids is 3. The maximum atomic E-state index is 12.9. The van der Waals surface area contributed by atoms with E-state index in [1.165, 1.54) is 340 Å². The van der Waals surface area contributed by atoms with Crippen molar-refractivity contribution >= 4 is 17.9 Å². The fraction of sp³-hybridized carbons (Fsp3) is 0.935. The van der Waals surface area contributed by atoms with Crippen molar-refractivity contribution in [1.29, 1.82) is 0 Å². The highest BCUT2D eigenvalue weighted by Gasteiger charge is 2.20. The Kier molecular flexibility index (Phi) is 71.0. The Hall–Kier alpha value is -1.85. The van der Waals surface area contributed by atoms with Gasteiger partial charge in [-0.25, -0.2) is 0 Å². The number of hydrogen-bond acceptors (Lipinski definition) is 6. The smallest absolute Gasteiger partial charge is 0.306 e. The molecule has 6 nitrogen and oxygen atoms in total. The summed E-state index contributed by atoms with van der Waals surface area (Å²) in [5.74, 6) is -0.843. The Balaban J connectivity index is 3.84. The second kappa shape index (κ2) is 72.6. The topological polar surface area (TPSA) is 78.9 Å². The molecule has 0 saturated carbocycles. The van der Waals surface area contributed by atoms with Crippen LogP contribution in [0.1, 0.15) is 445 Å². The summed E-state index contributed by atoms with van der Waals surface area (Å²) < 4.78 is 16.9. The van der Waals surface area contributed by atoms with Crippen molar-refractivity contribution in [3.63, 3.8) is 0 Å². The van der Waals surface area contributed by atoms with E-state index in [9.17, 15) is 14.4 Å². The Labute approximate surface area is 520 Å². The summed E-state index contributed by atoms with van der Waals surface area (Å²) in [6.45, 7) is 6.65. The third-order valence-corrected chi connectivity index (χ3v) is 17.8. The highest BCUT2D eigenvalue weighted by molar-refractivity contribution is 5.71.